The van der Waals surface area contributed by atoms with Gasteiger partial charge in [-0.15, -0.1) is 0 Å². The predicted octanol–water partition coefficient (Wildman–Crippen LogP) is 2.74. The minimum absolute atomic E-state index is 0.0829. The predicted molar refractivity (Wildman–Crippen MR) is 82.1 cm³/mol. The first-order valence-electron chi connectivity index (χ1n) is 7.11. The van der Waals surface area contributed by atoms with Crippen molar-refractivity contribution in [3.8, 4) is 0 Å². The lowest BCUT2D eigenvalue weighted by Gasteiger charge is -2.24. The molecule has 0 saturated heterocycles. The Morgan fingerprint density at radius 3 is 2.35 bits per heavy atom. The average molecular weight is 296 g/mol. The first-order valence-corrected chi connectivity index (χ1v) is 8.59. The number of sulfonamides is 1. The topological polar surface area (TPSA) is 72.2 Å². The number of hydrogen-bond acceptors (Lipinski definition) is 3. The van der Waals surface area contributed by atoms with Gasteiger partial charge in [0.25, 0.3) is 0 Å². The van der Waals surface area contributed by atoms with E-state index in [0.29, 0.717) is 17.8 Å². The van der Waals surface area contributed by atoms with E-state index in [9.17, 15) is 8.42 Å². The summed E-state index contributed by atoms with van der Waals surface area (Å²) in [6.45, 7) is 6.24. The van der Waals surface area contributed by atoms with Gasteiger partial charge < -0.3 is 5.73 Å². The molecule has 0 heterocycles. The summed E-state index contributed by atoms with van der Waals surface area (Å²) in [6, 6.07) is 3.65. The molecule has 1 saturated carbocycles. The number of rotatable bonds is 4. The molecule has 1 fully saturated rings. The smallest absolute Gasteiger partial charge is 0.242 e. The van der Waals surface area contributed by atoms with Crippen molar-refractivity contribution in [1.82, 2.24) is 4.72 Å². The summed E-state index contributed by atoms with van der Waals surface area (Å²) in [4.78, 5) is 0.235. The summed E-state index contributed by atoms with van der Waals surface area (Å²) in [5.41, 5.74) is 7.89. The number of benzene rings is 1. The van der Waals surface area contributed by atoms with Gasteiger partial charge in [0, 0.05) is 6.54 Å². The van der Waals surface area contributed by atoms with Crippen molar-refractivity contribution in [2.24, 2.45) is 5.41 Å². The Hall–Kier alpha value is -1.07. The Labute approximate surface area is 121 Å². The van der Waals surface area contributed by atoms with Crippen LogP contribution in [0.5, 0.6) is 0 Å². The first-order chi connectivity index (χ1) is 9.25. The molecule has 0 radical (unpaired) electrons. The van der Waals surface area contributed by atoms with E-state index in [2.05, 4.69) is 11.6 Å². The van der Waals surface area contributed by atoms with Gasteiger partial charge in [-0.05, 0) is 43.2 Å². The van der Waals surface area contributed by atoms with E-state index in [1.54, 1.807) is 13.0 Å². The minimum atomic E-state index is -3.54. The molecule has 1 aliphatic carbocycles. The molecule has 5 heteroatoms. The molecule has 3 N–H and O–H groups in total. The number of hydrogen-bond donors (Lipinski definition) is 2. The zero-order valence-electron chi connectivity index (χ0n) is 12.5. The Bertz CT molecular complexity index is 603. The number of aryl methyl sites for hydroxylation is 2. The molecule has 0 unspecified atom stereocenters. The summed E-state index contributed by atoms with van der Waals surface area (Å²) >= 11 is 0. The Morgan fingerprint density at radius 2 is 1.75 bits per heavy atom. The van der Waals surface area contributed by atoms with E-state index < -0.39 is 10.0 Å². The number of nitrogens with two attached hydrogens (primary N) is 1. The third-order valence-electron chi connectivity index (χ3n) is 4.38. The Kier molecular flexibility index (Phi) is 4.12. The van der Waals surface area contributed by atoms with Crippen LogP contribution < -0.4 is 10.5 Å². The van der Waals surface area contributed by atoms with E-state index in [1.807, 2.05) is 13.0 Å². The molecule has 20 heavy (non-hydrogen) atoms. The fraction of sp³-hybridized carbons (Fsp3) is 0.600. The van der Waals surface area contributed by atoms with Gasteiger partial charge in [-0.1, -0.05) is 31.9 Å². The minimum Gasteiger partial charge on any atom is -0.397 e. The lowest BCUT2D eigenvalue weighted by molar-refractivity contribution is 0.336. The second-order valence-corrected chi connectivity index (χ2v) is 7.99. The van der Waals surface area contributed by atoms with Crippen LogP contribution in [0.25, 0.3) is 0 Å². The molecular formula is C15H24N2O2S. The van der Waals surface area contributed by atoms with Gasteiger partial charge in [0.2, 0.25) is 10.0 Å². The first kappa shape index (κ1) is 15.3. The molecule has 4 nitrogen and oxygen atoms in total. The van der Waals surface area contributed by atoms with Crippen LogP contribution in [0.1, 0.15) is 43.7 Å². The molecule has 0 aliphatic heterocycles. The third-order valence-corrected chi connectivity index (χ3v) is 5.98. The molecular weight excluding hydrogens is 272 g/mol. The molecule has 0 spiro atoms. The normalized spacial score (nSPS) is 18.4. The van der Waals surface area contributed by atoms with Crippen LogP contribution in [0.15, 0.2) is 17.0 Å². The molecule has 0 bridgehead atoms. The highest BCUT2D eigenvalue weighted by Crippen LogP contribution is 2.37. The van der Waals surface area contributed by atoms with Crippen molar-refractivity contribution >= 4 is 15.7 Å². The maximum absolute atomic E-state index is 12.5. The number of nitrogen functional groups attached to an aromatic ring is 1. The van der Waals surface area contributed by atoms with Gasteiger partial charge >= 0.3 is 0 Å². The summed E-state index contributed by atoms with van der Waals surface area (Å²) in [7, 11) is -3.54. The van der Waals surface area contributed by atoms with Gasteiger partial charge in [-0.25, -0.2) is 13.1 Å². The van der Waals surface area contributed by atoms with Crippen molar-refractivity contribution in [3.63, 3.8) is 0 Å². The molecule has 0 atom stereocenters. The highest BCUT2D eigenvalue weighted by Gasteiger charge is 2.31. The lowest BCUT2D eigenvalue weighted by atomic mass is 9.89. The quantitative estimate of drug-likeness (QED) is 0.839. The fourth-order valence-corrected chi connectivity index (χ4v) is 4.54. The summed E-state index contributed by atoms with van der Waals surface area (Å²) in [6.07, 6.45) is 4.53. The molecule has 1 aliphatic rings. The maximum atomic E-state index is 12.5. The highest BCUT2D eigenvalue weighted by atomic mass is 32.2. The number of anilines is 1. The van der Waals surface area contributed by atoms with Gasteiger partial charge in [0.15, 0.2) is 0 Å². The van der Waals surface area contributed by atoms with Crippen LogP contribution in [-0.2, 0) is 10.0 Å². The van der Waals surface area contributed by atoms with Crippen molar-refractivity contribution in [3.05, 3.63) is 23.3 Å². The van der Waals surface area contributed by atoms with E-state index in [1.165, 1.54) is 12.8 Å². The lowest BCUT2D eigenvalue weighted by Crippen LogP contribution is -2.34. The fourth-order valence-electron chi connectivity index (χ4n) is 2.91. The largest absolute Gasteiger partial charge is 0.397 e. The van der Waals surface area contributed by atoms with Crippen molar-refractivity contribution < 1.29 is 8.42 Å². The second-order valence-electron chi connectivity index (χ2n) is 6.28. The summed E-state index contributed by atoms with van der Waals surface area (Å²) < 4.78 is 27.8. The molecule has 2 rings (SSSR count). The number of nitrogens with one attached hydrogen (secondary N) is 1. The average Bonchev–Trinajstić information content (AvgIpc) is 2.80. The standard InChI is InChI=1S/C15H24N2O2S/c1-11-6-7-12(2)14(13(11)16)20(18,19)17-10-15(3)8-4-5-9-15/h6-7,17H,4-5,8-10,16H2,1-3H3. The molecule has 0 aromatic heterocycles. The van der Waals surface area contributed by atoms with Gasteiger partial charge in [-0.3, -0.25) is 0 Å². The van der Waals surface area contributed by atoms with Crippen LogP contribution in [0.4, 0.5) is 5.69 Å². The Morgan fingerprint density at radius 1 is 1.20 bits per heavy atom. The molecule has 1 aromatic carbocycles. The van der Waals surface area contributed by atoms with Crippen LogP contribution in [-0.4, -0.2) is 15.0 Å². The van der Waals surface area contributed by atoms with Crippen molar-refractivity contribution in [2.45, 2.75) is 51.3 Å². The van der Waals surface area contributed by atoms with Gasteiger partial charge in [0.1, 0.15) is 4.90 Å². The Balaban J connectivity index is 2.25. The zero-order valence-corrected chi connectivity index (χ0v) is 13.3. The summed E-state index contributed by atoms with van der Waals surface area (Å²) in [5, 5.41) is 0. The highest BCUT2D eigenvalue weighted by molar-refractivity contribution is 7.89. The SMILES string of the molecule is Cc1ccc(C)c(S(=O)(=O)NCC2(C)CCCC2)c1N. The monoisotopic (exact) mass is 296 g/mol. The molecule has 0 amide bonds. The third kappa shape index (κ3) is 2.99. The summed E-state index contributed by atoms with van der Waals surface area (Å²) in [5.74, 6) is 0. The van der Waals surface area contributed by atoms with E-state index in [-0.39, 0.29) is 10.3 Å². The van der Waals surface area contributed by atoms with Gasteiger partial charge in [0.05, 0.1) is 5.69 Å². The van der Waals surface area contributed by atoms with Crippen LogP contribution in [0.2, 0.25) is 0 Å². The molecule has 1 aromatic rings. The maximum Gasteiger partial charge on any atom is 0.242 e. The van der Waals surface area contributed by atoms with E-state index in [4.69, 9.17) is 5.73 Å². The second kappa shape index (κ2) is 5.37. The van der Waals surface area contributed by atoms with Crippen molar-refractivity contribution in [2.75, 3.05) is 12.3 Å². The van der Waals surface area contributed by atoms with Crippen LogP contribution in [0, 0.1) is 19.3 Å². The van der Waals surface area contributed by atoms with Gasteiger partial charge in [-0.2, -0.15) is 0 Å². The van der Waals surface area contributed by atoms with E-state index in [0.717, 1.165) is 18.4 Å². The van der Waals surface area contributed by atoms with Crippen LogP contribution >= 0.6 is 0 Å². The zero-order chi connectivity index (χ0) is 15.0. The van der Waals surface area contributed by atoms with Crippen LogP contribution in [0.3, 0.4) is 0 Å². The van der Waals surface area contributed by atoms with E-state index >= 15 is 0 Å². The van der Waals surface area contributed by atoms with Crippen molar-refractivity contribution in [1.29, 1.82) is 0 Å². The molecule has 112 valence electrons.